The zero-order chi connectivity index (χ0) is 21.5. The van der Waals surface area contributed by atoms with E-state index < -0.39 is 17.7 Å². The van der Waals surface area contributed by atoms with Crippen LogP contribution in [-0.4, -0.2) is 21.8 Å². The molecular formula is C25H18N2O3S. The van der Waals surface area contributed by atoms with E-state index in [1.54, 1.807) is 24.3 Å². The van der Waals surface area contributed by atoms with Crippen molar-refractivity contribution in [1.29, 1.82) is 0 Å². The number of aromatic nitrogens is 1. The monoisotopic (exact) mass is 426 g/mol. The number of anilines is 1. The Bertz CT molecular complexity index is 1340. The standard InChI is InChI=1S/C25H18N2O3S/c1-15-12-13-18-19(14-15)31-25(26-18)27-21(16-8-4-2-5-9-16)20(23(29)24(27)30)22(28)17-10-6-3-7-11-17/h2-14,21,28H,1H3/b22-20+/t21-/m0/s1. The summed E-state index contributed by atoms with van der Waals surface area (Å²) < 4.78 is 0.937. The number of fused-ring (bicyclic) bond motifs is 1. The van der Waals surface area contributed by atoms with Gasteiger partial charge in [-0.3, -0.25) is 14.5 Å². The van der Waals surface area contributed by atoms with Crippen molar-refractivity contribution >= 4 is 44.1 Å². The fourth-order valence-electron chi connectivity index (χ4n) is 3.85. The highest BCUT2D eigenvalue weighted by Crippen LogP contribution is 2.44. The first-order valence-corrected chi connectivity index (χ1v) is 10.6. The molecular weight excluding hydrogens is 408 g/mol. The summed E-state index contributed by atoms with van der Waals surface area (Å²) in [7, 11) is 0. The minimum Gasteiger partial charge on any atom is -0.507 e. The summed E-state index contributed by atoms with van der Waals surface area (Å²) in [4.78, 5) is 32.3. The van der Waals surface area contributed by atoms with E-state index in [4.69, 9.17) is 0 Å². The summed E-state index contributed by atoms with van der Waals surface area (Å²) in [5, 5.41) is 11.5. The summed E-state index contributed by atoms with van der Waals surface area (Å²) in [5.41, 5.74) is 3.14. The number of ketones is 1. The first-order valence-electron chi connectivity index (χ1n) is 9.83. The topological polar surface area (TPSA) is 70.5 Å². The molecule has 1 aromatic heterocycles. The van der Waals surface area contributed by atoms with Crippen molar-refractivity contribution in [2.75, 3.05) is 4.90 Å². The van der Waals surface area contributed by atoms with Crippen molar-refractivity contribution < 1.29 is 14.7 Å². The summed E-state index contributed by atoms with van der Waals surface area (Å²) in [6, 6.07) is 23.2. The van der Waals surface area contributed by atoms with E-state index in [2.05, 4.69) is 4.98 Å². The van der Waals surface area contributed by atoms with Crippen LogP contribution in [0.3, 0.4) is 0 Å². The Kier molecular flexibility index (Phi) is 4.64. The highest BCUT2D eigenvalue weighted by Gasteiger charge is 2.48. The number of aryl methyl sites for hydroxylation is 1. The van der Waals surface area contributed by atoms with E-state index in [-0.39, 0.29) is 11.3 Å². The minimum atomic E-state index is -0.761. The average molecular weight is 426 g/mol. The van der Waals surface area contributed by atoms with Crippen molar-refractivity contribution in [3.63, 3.8) is 0 Å². The second-order valence-corrected chi connectivity index (χ2v) is 8.42. The maximum absolute atomic E-state index is 13.2. The Morgan fingerprint density at radius 3 is 2.35 bits per heavy atom. The number of nitrogens with zero attached hydrogens (tertiary/aromatic N) is 2. The van der Waals surface area contributed by atoms with Crippen LogP contribution in [0.4, 0.5) is 5.13 Å². The molecule has 5 rings (SSSR count). The smallest absolute Gasteiger partial charge is 0.301 e. The molecule has 0 aliphatic carbocycles. The molecule has 6 heteroatoms. The SMILES string of the molecule is Cc1ccc2nc(N3C(=O)C(=O)/C(=C(/O)c4ccccc4)[C@@H]3c3ccccc3)sc2c1. The molecule has 152 valence electrons. The number of amides is 1. The first kappa shape index (κ1) is 19.2. The highest BCUT2D eigenvalue weighted by molar-refractivity contribution is 7.22. The number of hydrogen-bond donors (Lipinski definition) is 1. The highest BCUT2D eigenvalue weighted by atomic mass is 32.1. The van der Waals surface area contributed by atoms with Crippen LogP contribution in [0.5, 0.6) is 0 Å². The van der Waals surface area contributed by atoms with Gasteiger partial charge in [-0.25, -0.2) is 4.98 Å². The van der Waals surface area contributed by atoms with Crippen molar-refractivity contribution in [2.45, 2.75) is 13.0 Å². The molecule has 0 unspecified atom stereocenters. The van der Waals surface area contributed by atoms with Crippen LogP contribution in [0.1, 0.15) is 22.7 Å². The van der Waals surface area contributed by atoms with Crippen molar-refractivity contribution in [2.24, 2.45) is 0 Å². The van der Waals surface area contributed by atoms with Crippen LogP contribution in [0.25, 0.3) is 16.0 Å². The Morgan fingerprint density at radius 1 is 0.968 bits per heavy atom. The molecule has 1 amide bonds. The Labute approximate surface area is 182 Å². The van der Waals surface area contributed by atoms with Gasteiger partial charge in [0.2, 0.25) is 0 Å². The van der Waals surface area contributed by atoms with Crippen LogP contribution in [0, 0.1) is 6.92 Å². The molecule has 1 atom stereocenters. The molecule has 5 nitrogen and oxygen atoms in total. The predicted octanol–water partition coefficient (Wildman–Crippen LogP) is 5.23. The number of carbonyl (C=O) groups excluding carboxylic acids is 2. The number of aliphatic hydroxyl groups excluding tert-OH is 1. The third kappa shape index (κ3) is 3.21. The minimum absolute atomic E-state index is 0.0674. The molecule has 0 spiro atoms. The van der Waals surface area contributed by atoms with E-state index in [9.17, 15) is 14.7 Å². The lowest BCUT2D eigenvalue weighted by Gasteiger charge is -2.22. The largest absolute Gasteiger partial charge is 0.507 e. The summed E-state index contributed by atoms with van der Waals surface area (Å²) in [6.07, 6.45) is 0. The van der Waals surface area contributed by atoms with E-state index in [1.165, 1.54) is 16.2 Å². The zero-order valence-corrected chi connectivity index (χ0v) is 17.5. The van der Waals surface area contributed by atoms with Crippen LogP contribution in [-0.2, 0) is 9.59 Å². The fourth-order valence-corrected chi connectivity index (χ4v) is 4.95. The molecule has 1 saturated heterocycles. The number of hydrogen-bond acceptors (Lipinski definition) is 5. The van der Waals surface area contributed by atoms with Gasteiger partial charge < -0.3 is 5.11 Å². The lowest BCUT2D eigenvalue weighted by atomic mass is 9.95. The number of benzene rings is 3. The molecule has 2 heterocycles. The van der Waals surface area contributed by atoms with Gasteiger partial charge in [-0.05, 0) is 30.2 Å². The first-order chi connectivity index (χ1) is 15.0. The molecule has 1 N–H and O–H groups in total. The molecule has 0 saturated carbocycles. The van der Waals surface area contributed by atoms with Gasteiger partial charge in [0.25, 0.3) is 5.78 Å². The fraction of sp³-hybridized carbons (Fsp3) is 0.0800. The quantitative estimate of drug-likeness (QED) is 0.277. The van der Waals surface area contributed by atoms with Gasteiger partial charge in [0.15, 0.2) is 5.13 Å². The lowest BCUT2D eigenvalue weighted by molar-refractivity contribution is -0.132. The van der Waals surface area contributed by atoms with E-state index >= 15 is 0 Å². The van der Waals surface area contributed by atoms with E-state index in [0.717, 1.165) is 21.3 Å². The van der Waals surface area contributed by atoms with Gasteiger partial charge in [-0.15, -0.1) is 0 Å². The summed E-state index contributed by atoms with van der Waals surface area (Å²) >= 11 is 1.36. The zero-order valence-electron chi connectivity index (χ0n) is 16.6. The van der Waals surface area contributed by atoms with Gasteiger partial charge >= 0.3 is 5.91 Å². The van der Waals surface area contributed by atoms with Crippen molar-refractivity contribution in [3.8, 4) is 0 Å². The third-order valence-electron chi connectivity index (χ3n) is 5.35. The Hall–Kier alpha value is -3.77. The van der Waals surface area contributed by atoms with Gasteiger partial charge in [-0.2, -0.15) is 0 Å². The predicted molar refractivity (Wildman–Crippen MR) is 122 cm³/mol. The Morgan fingerprint density at radius 2 is 1.65 bits per heavy atom. The van der Waals surface area contributed by atoms with Gasteiger partial charge in [0.1, 0.15) is 5.76 Å². The molecule has 1 aliphatic heterocycles. The van der Waals surface area contributed by atoms with E-state index in [1.807, 2.05) is 61.5 Å². The second kappa shape index (κ2) is 7.49. The Balaban J connectivity index is 1.73. The third-order valence-corrected chi connectivity index (χ3v) is 6.36. The van der Waals surface area contributed by atoms with Gasteiger partial charge in [0.05, 0.1) is 21.8 Å². The van der Waals surface area contributed by atoms with Crippen LogP contribution < -0.4 is 4.90 Å². The lowest BCUT2D eigenvalue weighted by Crippen LogP contribution is -2.29. The second-order valence-electron chi connectivity index (χ2n) is 7.41. The number of rotatable bonds is 3. The van der Waals surface area contributed by atoms with Crippen LogP contribution >= 0.6 is 11.3 Å². The van der Waals surface area contributed by atoms with Gasteiger partial charge in [-0.1, -0.05) is 78.1 Å². The maximum atomic E-state index is 13.2. The number of aliphatic hydroxyl groups is 1. The summed E-state index contributed by atoms with van der Waals surface area (Å²) in [5.74, 6) is -1.60. The maximum Gasteiger partial charge on any atom is 0.301 e. The molecule has 0 radical (unpaired) electrons. The van der Waals surface area contributed by atoms with Gasteiger partial charge in [0, 0.05) is 5.56 Å². The molecule has 4 aromatic rings. The molecule has 31 heavy (non-hydrogen) atoms. The van der Waals surface area contributed by atoms with Crippen molar-refractivity contribution in [1.82, 2.24) is 4.98 Å². The molecule has 1 aliphatic rings. The molecule has 3 aromatic carbocycles. The van der Waals surface area contributed by atoms with Crippen molar-refractivity contribution in [3.05, 3.63) is 101 Å². The van der Waals surface area contributed by atoms with E-state index in [0.29, 0.717) is 10.7 Å². The molecule has 1 fully saturated rings. The van der Waals surface area contributed by atoms with Crippen LogP contribution in [0.15, 0.2) is 84.4 Å². The molecule has 0 bridgehead atoms. The number of thiazole rings is 1. The number of Topliss-reactive ketones (excluding diaryl/α,β-unsaturated/α-hetero) is 1. The average Bonchev–Trinajstić information content (AvgIpc) is 3.32. The summed E-state index contributed by atoms with van der Waals surface area (Å²) in [6.45, 7) is 1.99. The normalized spacial score (nSPS) is 18.1. The number of carbonyl (C=O) groups is 2. The van der Waals surface area contributed by atoms with Crippen LogP contribution in [0.2, 0.25) is 0 Å².